The zero-order valence-corrected chi connectivity index (χ0v) is 10.3. The number of aromatic amines is 1. The number of ether oxygens (including phenoxy) is 1. The van der Waals surface area contributed by atoms with Crippen LogP contribution >= 0.6 is 23.2 Å². The number of hydrogen-bond acceptors (Lipinski definition) is 3. The Kier molecular flexibility index (Phi) is 3.63. The lowest BCUT2D eigenvalue weighted by Crippen LogP contribution is -1.95. The Morgan fingerprint density at radius 3 is 2.94 bits per heavy atom. The minimum Gasteiger partial charge on any atom is -0.374 e. The lowest BCUT2D eigenvalue weighted by Gasteiger charge is -1.97. The first-order chi connectivity index (χ1) is 7.70. The first-order valence-corrected chi connectivity index (χ1v) is 5.74. The molecule has 2 aromatic rings. The van der Waals surface area contributed by atoms with Gasteiger partial charge in [0.1, 0.15) is 17.6 Å². The van der Waals surface area contributed by atoms with Crippen LogP contribution in [0.2, 0.25) is 10.2 Å². The van der Waals surface area contributed by atoms with Crippen LogP contribution in [0.25, 0.3) is 11.2 Å². The second-order valence-electron chi connectivity index (χ2n) is 3.37. The molecule has 0 atom stereocenters. The summed E-state index contributed by atoms with van der Waals surface area (Å²) in [5.74, 6) is 0.731. The predicted octanol–water partition coefficient (Wildman–Crippen LogP) is 3.19. The molecule has 0 aliphatic carbocycles. The lowest BCUT2D eigenvalue weighted by molar-refractivity contribution is 0.117. The standard InChI is InChI=1S/C10H11Cl2N3O/c1-2-3-16-5-8-13-7-4-6(11)9(12)15-10(7)14-8/h4H,2-3,5H2,1H3,(H,13,14,15). The number of rotatable bonds is 4. The summed E-state index contributed by atoms with van der Waals surface area (Å²) in [5, 5.41) is 0.681. The average molecular weight is 260 g/mol. The van der Waals surface area contributed by atoms with Crippen molar-refractivity contribution in [1.82, 2.24) is 15.0 Å². The Labute approximate surface area is 103 Å². The molecule has 16 heavy (non-hydrogen) atoms. The maximum absolute atomic E-state index is 5.85. The molecule has 2 heterocycles. The fourth-order valence-corrected chi connectivity index (χ4v) is 1.61. The molecule has 1 N–H and O–H groups in total. The van der Waals surface area contributed by atoms with Gasteiger partial charge in [-0.25, -0.2) is 9.97 Å². The molecule has 4 nitrogen and oxygen atoms in total. The summed E-state index contributed by atoms with van der Waals surface area (Å²) < 4.78 is 5.37. The molecule has 0 saturated carbocycles. The van der Waals surface area contributed by atoms with E-state index in [1.54, 1.807) is 6.07 Å². The van der Waals surface area contributed by atoms with Gasteiger partial charge in [0, 0.05) is 6.61 Å². The van der Waals surface area contributed by atoms with Gasteiger partial charge in [-0.3, -0.25) is 0 Å². The molecule has 86 valence electrons. The second-order valence-corrected chi connectivity index (χ2v) is 4.13. The van der Waals surface area contributed by atoms with Gasteiger partial charge in [0.05, 0.1) is 10.5 Å². The van der Waals surface area contributed by atoms with Crippen molar-refractivity contribution in [2.75, 3.05) is 6.61 Å². The van der Waals surface area contributed by atoms with E-state index in [2.05, 4.69) is 21.9 Å². The molecule has 0 saturated heterocycles. The van der Waals surface area contributed by atoms with Gasteiger partial charge in [-0.15, -0.1) is 0 Å². The lowest BCUT2D eigenvalue weighted by atomic mass is 10.4. The van der Waals surface area contributed by atoms with Crippen LogP contribution in [-0.4, -0.2) is 21.6 Å². The van der Waals surface area contributed by atoms with Gasteiger partial charge in [0.2, 0.25) is 0 Å². The number of pyridine rings is 1. The van der Waals surface area contributed by atoms with Gasteiger partial charge < -0.3 is 9.72 Å². The third-order valence-electron chi connectivity index (χ3n) is 2.02. The van der Waals surface area contributed by atoms with Gasteiger partial charge >= 0.3 is 0 Å². The number of halogens is 2. The molecule has 0 unspecified atom stereocenters. The van der Waals surface area contributed by atoms with Crippen LogP contribution in [0.4, 0.5) is 0 Å². The fourth-order valence-electron chi connectivity index (χ4n) is 1.33. The highest BCUT2D eigenvalue weighted by Crippen LogP contribution is 2.23. The molecular formula is C10H11Cl2N3O. The highest BCUT2D eigenvalue weighted by molar-refractivity contribution is 6.41. The van der Waals surface area contributed by atoms with Crippen LogP contribution in [0.5, 0.6) is 0 Å². The number of aromatic nitrogens is 3. The Hall–Kier alpha value is -0.840. The second kappa shape index (κ2) is 4.99. The molecule has 0 bridgehead atoms. The fraction of sp³-hybridized carbons (Fsp3) is 0.400. The van der Waals surface area contributed by atoms with Crippen molar-refractivity contribution in [2.45, 2.75) is 20.0 Å². The Bertz CT molecular complexity index is 459. The summed E-state index contributed by atoms with van der Waals surface area (Å²) in [6.07, 6.45) is 0.982. The summed E-state index contributed by atoms with van der Waals surface area (Å²) in [6.45, 7) is 3.21. The number of nitrogens with zero attached hydrogens (tertiary/aromatic N) is 2. The van der Waals surface area contributed by atoms with Gasteiger partial charge in [-0.05, 0) is 12.5 Å². The zero-order chi connectivity index (χ0) is 11.5. The van der Waals surface area contributed by atoms with E-state index in [-0.39, 0.29) is 5.15 Å². The van der Waals surface area contributed by atoms with Gasteiger partial charge in [0.25, 0.3) is 0 Å². The molecular weight excluding hydrogens is 249 g/mol. The van der Waals surface area contributed by atoms with E-state index in [9.17, 15) is 0 Å². The maximum Gasteiger partial charge on any atom is 0.179 e. The van der Waals surface area contributed by atoms with Crippen LogP contribution in [0.15, 0.2) is 6.07 Å². The summed E-state index contributed by atoms with van der Waals surface area (Å²) >= 11 is 11.6. The smallest absolute Gasteiger partial charge is 0.179 e. The van der Waals surface area contributed by atoms with E-state index in [1.807, 2.05) is 0 Å². The van der Waals surface area contributed by atoms with Crippen molar-refractivity contribution < 1.29 is 4.74 Å². The van der Waals surface area contributed by atoms with Crippen molar-refractivity contribution in [2.24, 2.45) is 0 Å². The van der Waals surface area contributed by atoms with Crippen LogP contribution in [0.1, 0.15) is 19.2 Å². The van der Waals surface area contributed by atoms with Crippen LogP contribution < -0.4 is 0 Å². The van der Waals surface area contributed by atoms with Crippen molar-refractivity contribution in [3.63, 3.8) is 0 Å². The summed E-state index contributed by atoms with van der Waals surface area (Å²) in [7, 11) is 0. The molecule has 0 spiro atoms. The minimum atomic E-state index is 0.265. The molecule has 2 rings (SSSR count). The third kappa shape index (κ3) is 2.45. The van der Waals surface area contributed by atoms with Crippen LogP contribution in [0, 0.1) is 0 Å². The van der Waals surface area contributed by atoms with Gasteiger partial charge in [-0.1, -0.05) is 30.1 Å². The molecule has 0 aromatic carbocycles. The van der Waals surface area contributed by atoms with Crippen molar-refractivity contribution in [3.8, 4) is 0 Å². The van der Waals surface area contributed by atoms with Crippen LogP contribution in [0.3, 0.4) is 0 Å². The highest BCUT2D eigenvalue weighted by atomic mass is 35.5. The van der Waals surface area contributed by atoms with Crippen molar-refractivity contribution >= 4 is 34.4 Å². The van der Waals surface area contributed by atoms with Gasteiger partial charge in [0.15, 0.2) is 5.65 Å². The molecule has 0 radical (unpaired) electrons. The normalized spacial score (nSPS) is 11.2. The van der Waals surface area contributed by atoms with Crippen molar-refractivity contribution in [1.29, 1.82) is 0 Å². The summed E-state index contributed by atoms with van der Waals surface area (Å²) in [5.41, 5.74) is 1.33. The number of H-pyrrole nitrogens is 1. The molecule has 0 aliphatic heterocycles. The summed E-state index contributed by atoms with van der Waals surface area (Å²) in [6, 6.07) is 1.71. The number of nitrogens with one attached hydrogen (secondary N) is 1. The number of imidazole rings is 1. The van der Waals surface area contributed by atoms with E-state index in [0.29, 0.717) is 23.9 Å². The minimum absolute atomic E-state index is 0.265. The van der Waals surface area contributed by atoms with Gasteiger partial charge in [-0.2, -0.15) is 0 Å². The third-order valence-corrected chi connectivity index (χ3v) is 2.69. The zero-order valence-electron chi connectivity index (χ0n) is 8.76. The predicted molar refractivity (Wildman–Crippen MR) is 63.9 cm³/mol. The number of fused-ring (bicyclic) bond motifs is 1. The molecule has 0 aliphatic rings. The quantitative estimate of drug-likeness (QED) is 0.678. The maximum atomic E-state index is 5.85. The summed E-state index contributed by atoms with van der Waals surface area (Å²) in [4.78, 5) is 11.4. The van der Waals surface area contributed by atoms with E-state index in [1.165, 1.54) is 0 Å². The van der Waals surface area contributed by atoms with Crippen LogP contribution in [-0.2, 0) is 11.3 Å². The molecule has 0 amide bonds. The topological polar surface area (TPSA) is 50.8 Å². The van der Waals surface area contributed by atoms with E-state index >= 15 is 0 Å². The Morgan fingerprint density at radius 1 is 1.38 bits per heavy atom. The number of hydrogen-bond donors (Lipinski definition) is 1. The SMILES string of the molecule is CCCOCc1nc2nc(Cl)c(Cl)cc2[nH]1. The first-order valence-electron chi connectivity index (χ1n) is 4.99. The Morgan fingerprint density at radius 2 is 2.19 bits per heavy atom. The first kappa shape index (κ1) is 11.6. The highest BCUT2D eigenvalue weighted by Gasteiger charge is 2.07. The molecule has 0 fully saturated rings. The molecule has 6 heteroatoms. The largest absolute Gasteiger partial charge is 0.374 e. The average Bonchev–Trinajstić information content (AvgIpc) is 2.61. The van der Waals surface area contributed by atoms with E-state index < -0.39 is 0 Å². The monoisotopic (exact) mass is 259 g/mol. The van der Waals surface area contributed by atoms with Crippen molar-refractivity contribution in [3.05, 3.63) is 22.1 Å². The van der Waals surface area contributed by atoms with E-state index in [0.717, 1.165) is 17.8 Å². The Balaban J connectivity index is 2.23. The van der Waals surface area contributed by atoms with E-state index in [4.69, 9.17) is 27.9 Å². The molecule has 2 aromatic heterocycles.